The highest BCUT2D eigenvalue weighted by Crippen LogP contribution is 2.42. The van der Waals surface area contributed by atoms with Gasteiger partial charge < -0.3 is 23.9 Å². The summed E-state index contributed by atoms with van der Waals surface area (Å²) in [5, 5.41) is 2.14. The van der Waals surface area contributed by atoms with E-state index in [4.69, 9.17) is 18.9 Å². The molecule has 1 atom stereocenters. The molecule has 1 aliphatic rings. The van der Waals surface area contributed by atoms with Crippen molar-refractivity contribution in [2.24, 2.45) is 0 Å². The SMILES string of the molecule is COc1ccc([C@H]2c3cc(OC)c(OC)cc3CC(=O)N2NC(=O)c2c[nH]c3ccccc23)cc1OC. The number of fused-ring (bicyclic) bond motifs is 2. The van der Waals surface area contributed by atoms with Crippen molar-refractivity contribution in [2.75, 3.05) is 28.4 Å². The predicted octanol–water partition coefficient (Wildman–Crippen LogP) is 4.02. The summed E-state index contributed by atoms with van der Waals surface area (Å²) < 4.78 is 21.9. The van der Waals surface area contributed by atoms with Crippen LogP contribution in [-0.2, 0) is 11.2 Å². The number of rotatable bonds is 7. The molecule has 1 aromatic heterocycles. The van der Waals surface area contributed by atoms with E-state index in [9.17, 15) is 9.59 Å². The van der Waals surface area contributed by atoms with Crippen LogP contribution in [0.15, 0.2) is 60.8 Å². The summed E-state index contributed by atoms with van der Waals surface area (Å²) >= 11 is 0. The zero-order chi connectivity index (χ0) is 26.1. The van der Waals surface area contributed by atoms with Gasteiger partial charge in [0.05, 0.1) is 40.4 Å². The predicted molar refractivity (Wildman–Crippen MR) is 137 cm³/mol. The molecule has 9 heteroatoms. The maximum atomic E-state index is 13.5. The third-order valence-electron chi connectivity index (χ3n) is 6.59. The molecule has 0 spiro atoms. The number of aromatic amines is 1. The minimum atomic E-state index is -0.662. The van der Waals surface area contributed by atoms with Crippen molar-refractivity contribution in [2.45, 2.75) is 12.5 Å². The van der Waals surface area contributed by atoms with Gasteiger partial charge in [-0.25, -0.2) is 5.01 Å². The fourth-order valence-corrected chi connectivity index (χ4v) is 4.78. The van der Waals surface area contributed by atoms with E-state index in [2.05, 4.69) is 10.4 Å². The van der Waals surface area contributed by atoms with E-state index < -0.39 is 11.9 Å². The molecule has 5 rings (SSSR count). The summed E-state index contributed by atoms with van der Waals surface area (Å²) in [5.41, 5.74) is 6.43. The van der Waals surface area contributed by atoms with Gasteiger partial charge in [-0.3, -0.25) is 15.0 Å². The molecule has 4 aromatic rings. The minimum absolute atomic E-state index is 0.0770. The second-order valence-electron chi connectivity index (χ2n) is 8.55. The van der Waals surface area contributed by atoms with Gasteiger partial charge in [0.2, 0.25) is 5.91 Å². The molecule has 3 aromatic carbocycles. The molecular weight excluding hydrogens is 474 g/mol. The molecule has 37 heavy (non-hydrogen) atoms. The molecule has 2 N–H and O–H groups in total. The molecule has 2 heterocycles. The van der Waals surface area contributed by atoms with Crippen LogP contribution in [0.2, 0.25) is 0 Å². The Labute approximate surface area is 213 Å². The molecule has 0 radical (unpaired) electrons. The molecule has 0 unspecified atom stereocenters. The van der Waals surface area contributed by atoms with Crippen molar-refractivity contribution in [3.63, 3.8) is 0 Å². The van der Waals surface area contributed by atoms with Crippen molar-refractivity contribution in [3.05, 3.63) is 83.0 Å². The monoisotopic (exact) mass is 501 g/mol. The van der Waals surface area contributed by atoms with Crippen LogP contribution >= 0.6 is 0 Å². The van der Waals surface area contributed by atoms with Crippen LogP contribution in [0.1, 0.15) is 33.1 Å². The van der Waals surface area contributed by atoms with Gasteiger partial charge in [0.25, 0.3) is 5.91 Å². The lowest BCUT2D eigenvalue weighted by Crippen LogP contribution is -2.51. The molecule has 0 bridgehead atoms. The lowest BCUT2D eigenvalue weighted by Gasteiger charge is -2.37. The normalized spacial score (nSPS) is 14.8. The number of nitrogens with one attached hydrogen (secondary N) is 2. The summed E-state index contributed by atoms with van der Waals surface area (Å²) in [5.74, 6) is 1.42. The van der Waals surface area contributed by atoms with Gasteiger partial charge in [-0.1, -0.05) is 24.3 Å². The van der Waals surface area contributed by atoms with E-state index in [1.807, 2.05) is 36.4 Å². The second kappa shape index (κ2) is 9.77. The smallest absolute Gasteiger partial charge is 0.272 e. The third kappa shape index (κ3) is 4.18. The van der Waals surface area contributed by atoms with Crippen LogP contribution in [0.4, 0.5) is 0 Å². The van der Waals surface area contributed by atoms with Gasteiger partial charge in [-0.2, -0.15) is 0 Å². The van der Waals surface area contributed by atoms with Gasteiger partial charge in [0.1, 0.15) is 6.04 Å². The van der Waals surface area contributed by atoms with E-state index in [0.29, 0.717) is 28.6 Å². The maximum Gasteiger partial charge on any atom is 0.272 e. The average Bonchev–Trinajstić information content (AvgIpc) is 3.36. The first-order valence-electron chi connectivity index (χ1n) is 11.6. The first-order valence-corrected chi connectivity index (χ1v) is 11.6. The summed E-state index contributed by atoms with van der Waals surface area (Å²) in [6, 6.07) is 15.9. The molecule has 0 saturated carbocycles. The summed E-state index contributed by atoms with van der Waals surface area (Å²) in [4.78, 5) is 30.1. The molecule has 0 aliphatic carbocycles. The molecule has 9 nitrogen and oxygen atoms in total. The molecule has 190 valence electrons. The largest absolute Gasteiger partial charge is 0.493 e. The number of carbonyl (C=O) groups excluding carboxylic acids is 2. The van der Waals surface area contributed by atoms with Gasteiger partial charge in [-0.15, -0.1) is 0 Å². The fraction of sp³-hybridized carbons (Fsp3) is 0.214. The van der Waals surface area contributed by atoms with Crippen molar-refractivity contribution in [1.29, 1.82) is 0 Å². The Bertz CT molecular complexity index is 1490. The molecule has 0 fully saturated rings. The first-order chi connectivity index (χ1) is 18.0. The quantitative estimate of drug-likeness (QED) is 0.397. The lowest BCUT2D eigenvalue weighted by molar-refractivity contribution is -0.136. The number of ether oxygens (including phenoxy) is 4. The topological polar surface area (TPSA) is 102 Å². The average molecular weight is 502 g/mol. The number of H-pyrrole nitrogens is 1. The highest BCUT2D eigenvalue weighted by Gasteiger charge is 2.37. The van der Waals surface area contributed by atoms with E-state index in [0.717, 1.165) is 27.6 Å². The lowest BCUT2D eigenvalue weighted by atomic mass is 9.88. The van der Waals surface area contributed by atoms with Crippen LogP contribution in [0.25, 0.3) is 10.9 Å². The van der Waals surface area contributed by atoms with Crippen molar-refractivity contribution >= 4 is 22.7 Å². The number of aromatic nitrogens is 1. The Morgan fingerprint density at radius 3 is 2.30 bits per heavy atom. The van der Waals surface area contributed by atoms with E-state index in [1.54, 1.807) is 52.8 Å². The Hall–Kier alpha value is -4.66. The van der Waals surface area contributed by atoms with Gasteiger partial charge >= 0.3 is 0 Å². The van der Waals surface area contributed by atoms with Crippen LogP contribution in [0, 0.1) is 0 Å². The number of benzene rings is 3. The van der Waals surface area contributed by atoms with Gasteiger partial charge in [0.15, 0.2) is 23.0 Å². The number of amides is 2. The van der Waals surface area contributed by atoms with Gasteiger partial charge in [0, 0.05) is 17.1 Å². The van der Waals surface area contributed by atoms with Gasteiger partial charge in [-0.05, 0) is 47.0 Å². The molecule has 0 saturated heterocycles. The number of hydrazine groups is 1. The van der Waals surface area contributed by atoms with E-state index >= 15 is 0 Å². The van der Waals surface area contributed by atoms with Crippen LogP contribution in [0.3, 0.4) is 0 Å². The fourth-order valence-electron chi connectivity index (χ4n) is 4.78. The Balaban J connectivity index is 1.63. The standard InChI is InChI=1S/C28H27N3O6/c1-34-22-10-9-16(11-23(22)35-2)27-19-14-25(37-4)24(36-3)12-17(19)13-26(32)31(27)30-28(33)20-15-29-21-8-6-5-7-18(20)21/h5-12,14-15,27,29H,13H2,1-4H3,(H,30,33)/t27-/m0/s1. The van der Waals surface area contributed by atoms with Crippen LogP contribution in [0.5, 0.6) is 23.0 Å². The third-order valence-corrected chi connectivity index (χ3v) is 6.59. The molecule has 2 amide bonds. The highest BCUT2D eigenvalue weighted by molar-refractivity contribution is 6.07. The maximum absolute atomic E-state index is 13.5. The number of nitrogens with zero attached hydrogens (tertiary/aromatic N) is 1. The number of para-hydroxylation sites is 1. The van der Waals surface area contributed by atoms with Crippen molar-refractivity contribution in [3.8, 4) is 23.0 Å². The Kier molecular flexibility index (Phi) is 6.35. The zero-order valence-corrected chi connectivity index (χ0v) is 21.0. The number of hydrogen-bond donors (Lipinski definition) is 2. The molecular formula is C28H27N3O6. The molecule has 1 aliphatic heterocycles. The van der Waals surface area contributed by atoms with Crippen LogP contribution in [-0.4, -0.2) is 50.2 Å². The summed E-state index contributed by atoms with van der Waals surface area (Å²) in [7, 11) is 6.21. The van der Waals surface area contributed by atoms with Crippen LogP contribution < -0.4 is 24.4 Å². The number of hydrogen-bond acceptors (Lipinski definition) is 6. The Morgan fingerprint density at radius 1 is 0.892 bits per heavy atom. The van der Waals surface area contributed by atoms with Crippen molar-refractivity contribution in [1.82, 2.24) is 15.4 Å². The van der Waals surface area contributed by atoms with Crippen molar-refractivity contribution < 1.29 is 28.5 Å². The summed E-state index contributed by atoms with van der Waals surface area (Å²) in [6.45, 7) is 0. The first kappa shape index (κ1) is 24.1. The zero-order valence-electron chi connectivity index (χ0n) is 21.0. The summed E-state index contributed by atoms with van der Waals surface area (Å²) in [6.07, 6.45) is 1.72. The number of methoxy groups -OCH3 is 4. The second-order valence-corrected chi connectivity index (χ2v) is 8.55. The Morgan fingerprint density at radius 2 is 1.57 bits per heavy atom. The number of carbonyl (C=O) groups is 2. The highest BCUT2D eigenvalue weighted by atomic mass is 16.5. The minimum Gasteiger partial charge on any atom is -0.493 e. The van der Waals surface area contributed by atoms with E-state index in [-0.39, 0.29) is 12.3 Å². The van der Waals surface area contributed by atoms with E-state index in [1.165, 1.54) is 5.01 Å².